The zero-order chi connectivity index (χ0) is 11.6. The Labute approximate surface area is 97.5 Å². The molecule has 0 aromatic heterocycles. The molecule has 1 heteroatoms. The predicted molar refractivity (Wildman–Crippen MR) is 75.0 cm³/mol. The van der Waals surface area contributed by atoms with Gasteiger partial charge in [0.1, 0.15) is 0 Å². The van der Waals surface area contributed by atoms with Gasteiger partial charge in [0.2, 0.25) is 0 Å². The molecule has 0 heterocycles. The van der Waals surface area contributed by atoms with Crippen molar-refractivity contribution in [2.75, 3.05) is 0 Å². The summed E-state index contributed by atoms with van der Waals surface area (Å²) in [5, 5.41) is 0. The van der Waals surface area contributed by atoms with Crippen LogP contribution in [0.4, 0.5) is 0 Å². The summed E-state index contributed by atoms with van der Waals surface area (Å²) in [7, 11) is -0.975. The van der Waals surface area contributed by atoms with Crippen molar-refractivity contribution in [3.8, 4) is 0 Å². The maximum absolute atomic E-state index is 2.39. The summed E-state index contributed by atoms with van der Waals surface area (Å²) in [6, 6.07) is 0. The normalized spacial score (nSPS) is 13.1. The largest absolute Gasteiger partial charge is 0.0950 e. The number of allylic oxidation sites excluding steroid dienone is 3. The van der Waals surface area contributed by atoms with Crippen molar-refractivity contribution in [1.29, 1.82) is 0 Å². The molecule has 0 rings (SSSR count). The minimum Gasteiger partial charge on any atom is -0.0950 e. The van der Waals surface area contributed by atoms with Crippen molar-refractivity contribution < 1.29 is 0 Å². The monoisotopic (exact) mass is 224 g/mol. The van der Waals surface area contributed by atoms with Crippen molar-refractivity contribution in [2.45, 2.75) is 65.1 Å². The van der Waals surface area contributed by atoms with Crippen molar-refractivity contribution in [3.05, 3.63) is 23.9 Å². The fraction of sp³-hybridized carbons (Fsp3) is 0.714. The summed E-state index contributed by atoms with van der Waals surface area (Å²) in [6.07, 6.45) is 14.9. The highest BCUT2D eigenvalue weighted by molar-refractivity contribution is 6.80. The van der Waals surface area contributed by atoms with Crippen LogP contribution >= 0.6 is 0 Å². The molecule has 0 saturated heterocycles. The first-order valence-electron chi connectivity index (χ1n) is 6.40. The predicted octanol–water partition coefficient (Wildman–Crippen LogP) is 5.34. The molecule has 0 aliphatic heterocycles. The number of hydrogen-bond donors (Lipinski definition) is 0. The molecule has 0 bridgehead atoms. The van der Waals surface area contributed by atoms with E-state index in [-0.39, 0.29) is 0 Å². The topological polar surface area (TPSA) is 0 Å². The second-order valence-corrected chi connectivity index (χ2v) is 10.4. The summed E-state index contributed by atoms with van der Waals surface area (Å²) in [5.74, 6) is 0. The molecule has 0 nitrogen and oxygen atoms in total. The van der Waals surface area contributed by atoms with Gasteiger partial charge < -0.3 is 0 Å². The van der Waals surface area contributed by atoms with Crippen molar-refractivity contribution in [3.63, 3.8) is 0 Å². The van der Waals surface area contributed by atoms with E-state index in [4.69, 9.17) is 0 Å². The summed E-state index contributed by atoms with van der Waals surface area (Å²) >= 11 is 0. The minimum atomic E-state index is -0.975. The van der Waals surface area contributed by atoms with Gasteiger partial charge >= 0.3 is 0 Å². The fourth-order valence-electron chi connectivity index (χ4n) is 1.38. The lowest BCUT2D eigenvalue weighted by Crippen LogP contribution is -2.14. The summed E-state index contributed by atoms with van der Waals surface area (Å²) < 4.78 is 0. The molecule has 0 aromatic rings. The number of rotatable bonds is 8. The third kappa shape index (κ3) is 13.7. The van der Waals surface area contributed by atoms with Crippen LogP contribution in [-0.4, -0.2) is 8.07 Å². The Balaban J connectivity index is 3.36. The Morgan fingerprint density at radius 1 is 0.867 bits per heavy atom. The van der Waals surface area contributed by atoms with E-state index in [1.807, 2.05) is 0 Å². The molecule has 15 heavy (non-hydrogen) atoms. The molecule has 0 radical (unpaired) electrons. The molecular formula is C14H28Si. The van der Waals surface area contributed by atoms with Gasteiger partial charge in [-0.3, -0.25) is 0 Å². The Bertz CT molecular complexity index is 184. The van der Waals surface area contributed by atoms with Crippen LogP contribution in [0.2, 0.25) is 19.6 Å². The van der Waals surface area contributed by atoms with Crippen LogP contribution in [0.3, 0.4) is 0 Å². The highest BCUT2D eigenvalue weighted by atomic mass is 28.3. The van der Waals surface area contributed by atoms with Gasteiger partial charge in [-0.2, -0.15) is 0 Å². The van der Waals surface area contributed by atoms with Crippen LogP contribution in [0.5, 0.6) is 0 Å². The van der Waals surface area contributed by atoms with E-state index in [9.17, 15) is 0 Å². The van der Waals surface area contributed by atoms with E-state index < -0.39 is 8.07 Å². The maximum atomic E-state index is 2.39. The SMILES string of the molecule is CCCCCCC/C=C/C=C/[Si](C)(C)C. The Hall–Kier alpha value is -0.303. The highest BCUT2D eigenvalue weighted by Crippen LogP contribution is 2.06. The second kappa shape index (κ2) is 8.96. The molecule has 0 aromatic carbocycles. The lowest BCUT2D eigenvalue weighted by Gasteiger charge is -2.06. The molecule has 88 valence electrons. The van der Waals surface area contributed by atoms with Crippen LogP contribution < -0.4 is 0 Å². The first-order chi connectivity index (χ1) is 7.06. The van der Waals surface area contributed by atoms with Gasteiger partial charge in [-0.25, -0.2) is 0 Å². The van der Waals surface area contributed by atoms with E-state index in [1.165, 1.54) is 38.5 Å². The van der Waals surface area contributed by atoms with Crippen LogP contribution in [0.1, 0.15) is 45.4 Å². The summed E-state index contributed by atoms with van der Waals surface area (Å²) in [5.41, 5.74) is 2.39. The third-order valence-electron chi connectivity index (χ3n) is 2.32. The molecule has 0 fully saturated rings. The van der Waals surface area contributed by atoms with E-state index in [2.05, 4.69) is 50.5 Å². The second-order valence-electron chi connectivity index (χ2n) is 5.36. The fourth-order valence-corrected chi connectivity index (χ4v) is 2.07. The lowest BCUT2D eigenvalue weighted by atomic mass is 10.1. The molecule has 0 spiro atoms. The van der Waals surface area contributed by atoms with Gasteiger partial charge in [-0.1, -0.05) is 76.2 Å². The Morgan fingerprint density at radius 3 is 2.13 bits per heavy atom. The van der Waals surface area contributed by atoms with E-state index >= 15 is 0 Å². The minimum absolute atomic E-state index is 0.975. The standard InChI is InChI=1S/C14H28Si/c1-5-6-7-8-9-10-11-12-13-14-15(2,3)4/h11-14H,5-10H2,1-4H3/b12-11+,14-13+. The maximum Gasteiger partial charge on any atom is 0.0686 e. The van der Waals surface area contributed by atoms with E-state index in [0.29, 0.717) is 0 Å². The molecule has 0 atom stereocenters. The van der Waals surface area contributed by atoms with Crippen LogP contribution in [0.25, 0.3) is 0 Å². The first kappa shape index (κ1) is 14.7. The van der Waals surface area contributed by atoms with E-state index in [1.54, 1.807) is 0 Å². The van der Waals surface area contributed by atoms with Crippen molar-refractivity contribution in [2.24, 2.45) is 0 Å². The summed E-state index contributed by atoms with van der Waals surface area (Å²) in [4.78, 5) is 0. The van der Waals surface area contributed by atoms with Gasteiger partial charge in [0.05, 0.1) is 8.07 Å². The van der Waals surface area contributed by atoms with Gasteiger partial charge in [0.25, 0.3) is 0 Å². The lowest BCUT2D eigenvalue weighted by molar-refractivity contribution is 0.637. The average Bonchev–Trinajstić information content (AvgIpc) is 2.14. The molecule has 0 saturated carbocycles. The quantitative estimate of drug-likeness (QED) is 0.297. The number of hydrogen-bond acceptors (Lipinski definition) is 0. The van der Waals surface area contributed by atoms with Crippen molar-refractivity contribution in [1.82, 2.24) is 0 Å². The van der Waals surface area contributed by atoms with Crippen molar-refractivity contribution >= 4 is 8.07 Å². The van der Waals surface area contributed by atoms with Gasteiger partial charge in [-0.15, -0.1) is 0 Å². The molecule has 0 unspecified atom stereocenters. The van der Waals surface area contributed by atoms with Gasteiger partial charge in [0, 0.05) is 0 Å². The van der Waals surface area contributed by atoms with Crippen LogP contribution in [0.15, 0.2) is 23.9 Å². The molecule has 0 amide bonds. The first-order valence-corrected chi connectivity index (χ1v) is 9.98. The Kier molecular flexibility index (Phi) is 8.78. The molecule has 0 aliphatic rings. The van der Waals surface area contributed by atoms with Gasteiger partial charge in [-0.05, 0) is 12.8 Å². The van der Waals surface area contributed by atoms with Gasteiger partial charge in [0.15, 0.2) is 0 Å². The molecular weight excluding hydrogens is 196 g/mol. The average molecular weight is 224 g/mol. The smallest absolute Gasteiger partial charge is 0.0686 e. The third-order valence-corrected chi connectivity index (χ3v) is 3.51. The van der Waals surface area contributed by atoms with Crippen LogP contribution in [-0.2, 0) is 0 Å². The molecule has 0 aliphatic carbocycles. The molecule has 0 N–H and O–H groups in total. The number of unbranched alkanes of at least 4 members (excludes halogenated alkanes) is 5. The highest BCUT2D eigenvalue weighted by Gasteiger charge is 2.05. The summed E-state index contributed by atoms with van der Waals surface area (Å²) in [6.45, 7) is 9.35. The zero-order valence-electron chi connectivity index (χ0n) is 11.1. The Morgan fingerprint density at radius 2 is 1.53 bits per heavy atom. The zero-order valence-corrected chi connectivity index (χ0v) is 12.1. The van der Waals surface area contributed by atoms with Crippen LogP contribution in [0, 0.1) is 0 Å². The van der Waals surface area contributed by atoms with E-state index in [0.717, 1.165) is 0 Å².